The number of nitrogens with one attached hydrogen (secondary N) is 1. The van der Waals surface area contributed by atoms with E-state index in [0.29, 0.717) is 23.4 Å². The first-order valence-electron chi connectivity index (χ1n) is 8.81. The van der Waals surface area contributed by atoms with Crippen molar-refractivity contribution in [3.05, 3.63) is 69.2 Å². The van der Waals surface area contributed by atoms with Crippen molar-refractivity contribution in [2.75, 3.05) is 0 Å². The average molecular weight is 455 g/mol. The number of aliphatic hydroxyl groups is 1. The molecule has 0 aliphatic rings. The normalized spacial score (nSPS) is 13.7. The Morgan fingerprint density at radius 2 is 1.89 bits per heavy atom. The molecule has 2 aromatic rings. The molecule has 0 aromatic heterocycles. The van der Waals surface area contributed by atoms with Gasteiger partial charge in [-0.15, -0.1) is 0 Å². The second kappa shape index (κ2) is 9.58. The van der Waals surface area contributed by atoms with Crippen molar-refractivity contribution in [1.29, 1.82) is 0 Å². The fourth-order valence-electron chi connectivity index (χ4n) is 2.62. The number of amides is 1. The van der Waals surface area contributed by atoms with Gasteiger partial charge in [-0.2, -0.15) is 0 Å². The lowest BCUT2D eigenvalue weighted by Gasteiger charge is -2.27. The molecule has 2 rings (SSSR count). The van der Waals surface area contributed by atoms with Crippen molar-refractivity contribution in [2.45, 2.75) is 51.4 Å². The summed E-state index contributed by atoms with van der Waals surface area (Å²) in [5, 5.41) is 14.1. The predicted octanol–water partition coefficient (Wildman–Crippen LogP) is 5.66. The van der Waals surface area contributed by atoms with Crippen LogP contribution in [0.1, 0.15) is 44.4 Å². The van der Waals surface area contributed by atoms with Crippen LogP contribution in [-0.2, 0) is 11.2 Å². The van der Waals surface area contributed by atoms with Gasteiger partial charge >= 0.3 is 6.09 Å². The number of aliphatic hydroxyl groups excluding tert-OH is 1. The molecule has 0 radical (unpaired) electrons. The number of halogens is 2. The molecule has 2 N–H and O–H groups in total. The molecule has 0 bridgehead atoms. The summed E-state index contributed by atoms with van der Waals surface area (Å²) in [7, 11) is 0. The minimum absolute atomic E-state index is 0.422. The van der Waals surface area contributed by atoms with Crippen molar-refractivity contribution >= 4 is 33.6 Å². The Labute approximate surface area is 174 Å². The average Bonchev–Trinajstić information content (AvgIpc) is 2.58. The fourth-order valence-corrected chi connectivity index (χ4v) is 3.08. The summed E-state index contributed by atoms with van der Waals surface area (Å²) in [4.78, 5) is 12.3. The van der Waals surface area contributed by atoms with Crippen molar-refractivity contribution in [3.8, 4) is 0 Å². The monoisotopic (exact) mass is 453 g/mol. The maximum Gasteiger partial charge on any atom is 0.407 e. The number of rotatable bonds is 6. The zero-order valence-corrected chi connectivity index (χ0v) is 18.0. The molecule has 0 saturated heterocycles. The first kappa shape index (κ1) is 21.7. The van der Waals surface area contributed by atoms with Gasteiger partial charge < -0.3 is 15.2 Å². The van der Waals surface area contributed by atoms with Crippen molar-refractivity contribution in [3.63, 3.8) is 0 Å². The Bertz CT molecular complexity index is 759. The quantitative estimate of drug-likeness (QED) is 0.592. The number of aryl methyl sites for hydroxylation is 1. The molecule has 0 spiro atoms. The summed E-state index contributed by atoms with van der Waals surface area (Å²) in [6.45, 7) is 5.62. The summed E-state index contributed by atoms with van der Waals surface area (Å²) >= 11 is 9.46. The Morgan fingerprint density at radius 3 is 2.48 bits per heavy atom. The topological polar surface area (TPSA) is 58.6 Å². The summed E-state index contributed by atoms with van der Waals surface area (Å²) in [6.07, 6.45) is -1.07. The van der Waals surface area contributed by atoms with Gasteiger partial charge in [-0.1, -0.05) is 51.8 Å². The van der Waals surface area contributed by atoms with E-state index < -0.39 is 23.8 Å². The smallest absolute Gasteiger partial charge is 0.407 e. The van der Waals surface area contributed by atoms with Crippen LogP contribution in [0.25, 0.3) is 0 Å². The van der Waals surface area contributed by atoms with E-state index in [2.05, 4.69) is 21.2 Å². The van der Waals surface area contributed by atoms with Crippen LogP contribution in [0.3, 0.4) is 0 Å². The minimum Gasteiger partial charge on any atom is -0.443 e. The van der Waals surface area contributed by atoms with Crippen molar-refractivity contribution in [1.82, 2.24) is 5.32 Å². The number of carbonyl (C=O) groups excluding carboxylic acids is 1. The van der Waals surface area contributed by atoms with Gasteiger partial charge in [0.1, 0.15) is 12.2 Å². The van der Waals surface area contributed by atoms with Gasteiger partial charge in [-0.25, -0.2) is 4.79 Å². The SMILES string of the molecule is CC(C)(C)NC(=O)OC(CCc1ccc(Br)cc1)[C@H](O)c1cccc(Cl)c1. The van der Waals surface area contributed by atoms with E-state index >= 15 is 0 Å². The predicted molar refractivity (Wildman–Crippen MR) is 112 cm³/mol. The molecule has 1 unspecified atom stereocenters. The molecule has 4 nitrogen and oxygen atoms in total. The molecule has 2 aromatic carbocycles. The first-order valence-corrected chi connectivity index (χ1v) is 9.98. The van der Waals surface area contributed by atoms with E-state index in [1.54, 1.807) is 24.3 Å². The molecule has 27 heavy (non-hydrogen) atoms. The van der Waals surface area contributed by atoms with E-state index in [4.69, 9.17) is 16.3 Å². The zero-order valence-electron chi connectivity index (χ0n) is 15.7. The maximum absolute atomic E-state index is 12.3. The van der Waals surface area contributed by atoms with Crippen LogP contribution in [0.5, 0.6) is 0 Å². The summed E-state index contributed by atoms with van der Waals surface area (Å²) in [5.74, 6) is 0. The van der Waals surface area contributed by atoms with E-state index in [1.165, 1.54) is 0 Å². The highest BCUT2D eigenvalue weighted by Gasteiger charge is 2.26. The van der Waals surface area contributed by atoms with E-state index in [9.17, 15) is 9.90 Å². The second-order valence-electron chi connectivity index (χ2n) is 7.48. The largest absolute Gasteiger partial charge is 0.443 e. The highest BCUT2D eigenvalue weighted by Crippen LogP contribution is 2.26. The number of benzene rings is 2. The van der Waals surface area contributed by atoms with Gasteiger partial charge in [-0.3, -0.25) is 0 Å². The van der Waals surface area contributed by atoms with Crippen LogP contribution >= 0.6 is 27.5 Å². The Balaban J connectivity index is 2.13. The van der Waals surface area contributed by atoms with E-state index in [0.717, 1.165) is 10.0 Å². The Morgan fingerprint density at radius 1 is 1.22 bits per heavy atom. The van der Waals surface area contributed by atoms with Crippen LogP contribution in [-0.4, -0.2) is 22.8 Å². The summed E-state index contributed by atoms with van der Waals surface area (Å²) in [6, 6.07) is 14.9. The number of carbonyl (C=O) groups is 1. The zero-order chi connectivity index (χ0) is 20.0. The molecule has 0 fully saturated rings. The van der Waals surface area contributed by atoms with Crippen LogP contribution in [0.15, 0.2) is 53.0 Å². The number of hydrogen-bond acceptors (Lipinski definition) is 3. The third kappa shape index (κ3) is 7.53. The fraction of sp³-hybridized carbons (Fsp3) is 0.381. The molecule has 1 amide bonds. The van der Waals surface area contributed by atoms with Gasteiger partial charge in [0.2, 0.25) is 0 Å². The van der Waals surface area contributed by atoms with Crippen LogP contribution < -0.4 is 5.32 Å². The van der Waals surface area contributed by atoms with Crippen LogP contribution in [0, 0.1) is 0 Å². The third-order valence-electron chi connectivity index (χ3n) is 3.91. The lowest BCUT2D eigenvalue weighted by Crippen LogP contribution is -2.43. The summed E-state index contributed by atoms with van der Waals surface area (Å²) in [5.41, 5.74) is 1.29. The first-order chi connectivity index (χ1) is 12.6. The maximum atomic E-state index is 12.3. The number of ether oxygens (including phenoxy) is 1. The van der Waals surface area contributed by atoms with Crippen molar-refractivity contribution in [2.24, 2.45) is 0 Å². The second-order valence-corrected chi connectivity index (χ2v) is 8.84. The number of alkyl carbamates (subject to hydrolysis) is 1. The molecule has 0 saturated carbocycles. The molecular weight excluding hydrogens is 430 g/mol. The van der Waals surface area contributed by atoms with Gasteiger partial charge in [-0.05, 0) is 69.0 Å². The van der Waals surface area contributed by atoms with E-state index in [1.807, 2.05) is 45.0 Å². The highest BCUT2D eigenvalue weighted by molar-refractivity contribution is 9.10. The molecule has 146 valence electrons. The molecule has 0 heterocycles. The van der Waals surface area contributed by atoms with E-state index in [-0.39, 0.29) is 0 Å². The standard InChI is InChI=1S/C21H25BrClNO3/c1-21(2,3)24-20(26)27-18(12-9-14-7-10-16(22)11-8-14)19(25)15-5-4-6-17(23)13-15/h4-8,10-11,13,18-19,25H,9,12H2,1-3H3,(H,24,26)/t18?,19-/m1/s1. The van der Waals surface area contributed by atoms with Crippen LogP contribution in [0.2, 0.25) is 5.02 Å². The van der Waals surface area contributed by atoms with Gasteiger partial charge in [0.15, 0.2) is 0 Å². The molecule has 6 heteroatoms. The highest BCUT2D eigenvalue weighted by atomic mass is 79.9. The van der Waals surface area contributed by atoms with Crippen LogP contribution in [0.4, 0.5) is 4.79 Å². The number of hydrogen-bond donors (Lipinski definition) is 2. The van der Waals surface area contributed by atoms with Gasteiger partial charge in [0.05, 0.1) is 0 Å². The van der Waals surface area contributed by atoms with Gasteiger partial charge in [0, 0.05) is 15.0 Å². The minimum atomic E-state index is -0.968. The lowest BCUT2D eigenvalue weighted by molar-refractivity contribution is -0.00479. The lowest BCUT2D eigenvalue weighted by atomic mass is 9.98. The Kier molecular flexibility index (Phi) is 7.71. The third-order valence-corrected chi connectivity index (χ3v) is 4.67. The van der Waals surface area contributed by atoms with Crippen molar-refractivity contribution < 1.29 is 14.6 Å². The molecule has 2 atom stereocenters. The summed E-state index contributed by atoms with van der Waals surface area (Å²) < 4.78 is 6.58. The molecule has 0 aliphatic heterocycles. The molecule has 0 aliphatic carbocycles. The van der Waals surface area contributed by atoms with Gasteiger partial charge in [0.25, 0.3) is 0 Å². The Hall–Kier alpha value is -1.56. The molecular formula is C21H25BrClNO3.